The molecule has 3 aromatic rings. The van der Waals surface area contributed by atoms with Crippen LogP contribution in [0.4, 0.5) is 8.78 Å². The normalized spacial score (nSPS) is 15.6. The second-order valence-electron chi connectivity index (χ2n) is 6.92. The van der Waals surface area contributed by atoms with Crippen LogP contribution >= 0.6 is 0 Å². The molecule has 4 rings (SSSR count). The Balaban J connectivity index is 1.43. The smallest absolute Gasteiger partial charge is 0.364 e. The molecule has 1 fully saturated rings. The number of halogens is 2. The van der Waals surface area contributed by atoms with Crippen LogP contribution in [0.15, 0.2) is 48.5 Å². The van der Waals surface area contributed by atoms with Crippen LogP contribution in [0, 0.1) is 0 Å². The maximum absolute atomic E-state index is 13.1. The first-order valence-electron chi connectivity index (χ1n) is 9.29. The van der Waals surface area contributed by atoms with Crippen molar-refractivity contribution in [2.45, 2.75) is 31.6 Å². The molecule has 1 N–H and O–H groups in total. The summed E-state index contributed by atoms with van der Waals surface area (Å²) in [5.74, 6) is -2.59. The third-order valence-electron chi connectivity index (χ3n) is 4.87. The first kappa shape index (κ1) is 19.0. The van der Waals surface area contributed by atoms with Crippen LogP contribution in [0.3, 0.4) is 0 Å². The van der Waals surface area contributed by atoms with Crippen LogP contribution in [0.5, 0.6) is 11.6 Å². The molecule has 0 atom stereocenters. The molecule has 0 saturated heterocycles. The fourth-order valence-electron chi connectivity index (χ4n) is 3.30. The summed E-state index contributed by atoms with van der Waals surface area (Å²) < 4.78 is 36.7. The molecule has 150 valence electrons. The van der Waals surface area contributed by atoms with Crippen LogP contribution in [-0.2, 0) is 4.74 Å². The highest BCUT2D eigenvalue weighted by Crippen LogP contribution is 2.48. The molecule has 1 aliphatic rings. The molecule has 6 nitrogen and oxygen atoms in total. The standard InChI is InChI=1S/C21H19F2N3O3/c1-2-28-20(27)18-19(25-26-24-18)29-17-9-7-14(8-10-17)13-3-5-15(6-4-13)16-11-21(22,23)12-16/h3-10,16H,2,11-12H2,1H3,(H,24,25,26). The van der Waals surface area contributed by atoms with Gasteiger partial charge in [0.15, 0.2) is 0 Å². The Morgan fingerprint density at radius 1 is 1.10 bits per heavy atom. The van der Waals surface area contributed by atoms with Crippen molar-refractivity contribution >= 4 is 5.97 Å². The van der Waals surface area contributed by atoms with E-state index in [2.05, 4.69) is 15.4 Å². The summed E-state index contributed by atoms with van der Waals surface area (Å²) in [6, 6.07) is 14.9. The van der Waals surface area contributed by atoms with Crippen LogP contribution in [-0.4, -0.2) is 33.9 Å². The van der Waals surface area contributed by atoms with E-state index in [-0.39, 0.29) is 36.9 Å². The molecule has 1 aromatic heterocycles. The van der Waals surface area contributed by atoms with Crippen LogP contribution in [0.1, 0.15) is 41.7 Å². The molecule has 1 aliphatic carbocycles. The Hall–Kier alpha value is -3.29. The van der Waals surface area contributed by atoms with Crippen molar-refractivity contribution < 1.29 is 23.0 Å². The van der Waals surface area contributed by atoms with E-state index in [0.29, 0.717) is 5.75 Å². The summed E-state index contributed by atoms with van der Waals surface area (Å²) in [7, 11) is 0. The molecule has 29 heavy (non-hydrogen) atoms. The van der Waals surface area contributed by atoms with Gasteiger partial charge in [-0.25, -0.2) is 18.7 Å². The lowest BCUT2D eigenvalue weighted by atomic mass is 9.76. The summed E-state index contributed by atoms with van der Waals surface area (Å²) in [6.45, 7) is 1.92. The predicted octanol–water partition coefficient (Wildman–Crippen LogP) is 4.95. The first-order valence-corrected chi connectivity index (χ1v) is 9.29. The van der Waals surface area contributed by atoms with E-state index in [1.807, 2.05) is 36.4 Å². The second kappa shape index (κ2) is 7.62. The van der Waals surface area contributed by atoms with Crippen molar-refractivity contribution in [3.8, 4) is 22.8 Å². The summed E-state index contributed by atoms with van der Waals surface area (Å²) in [4.78, 5) is 11.8. The number of hydrogen-bond acceptors (Lipinski definition) is 5. The lowest BCUT2D eigenvalue weighted by molar-refractivity contribution is -0.0867. The Morgan fingerprint density at radius 2 is 1.72 bits per heavy atom. The number of nitrogens with one attached hydrogen (secondary N) is 1. The number of H-pyrrole nitrogens is 1. The van der Waals surface area contributed by atoms with E-state index in [0.717, 1.165) is 16.7 Å². The molecule has 2 aromatic carbocycles. The van der Waals surface area contributed by atoms with Gasteiger partial charge in [-0.3, -0.25) is 0 Å². The van der Waals surface area contributed by atoms with Gasteiger partial charge < -0.3 is 9.47 Å². The van der Waals surface area contributed by atoms with Crippen molar-refractivity contribution in [2.75, 3.05) is 6.61 Å². The molecule has 0 amide bonds. The van der Waals surface area contributed by atoms with Gasteiger partial charge in [0.2, 0.25) is 11.6 Å². The summed E-state index contributed by atoms with van der Waals surface area (Å²) in [5, 5.41) is 9.81. The largest absolute Gasteiger partial charge is 0.461 e. The molecule has 1 heterocycles. The lowest BCUT2D eigenvalue weighted by Crippen LogP contribution is -2.33. The third-order valence-corrected chi connectivity index (χ3v) is 4.87. The molecule has 0 aliphatic heterocycles. The average molecular weight is 399 g/mol. The van der Waals surface area contributed by atoms with Gasteiger partial charge in [0.25, 0.3) is 5.88 Å². The van der Waals surface area contributed by atoms with Gasteiger partial charge in [-0.1, -0.05) is 41.6 Å². The Kier molecular flexibility index (Phi) is 5.00. The number of carbonyl (C=O) groups is 1. The summed E-state index contributed by atoms with van der Waals surface area (Å²) >= 11 is 0. The molecule has 0 unspecified atom stereocenters. The number of aromatic nitrogens is 3. The predicted molar refractivity (Wildman–Crippen MR) is 101 cm³/mol. The van der Waals surface area contributed by atoms with E-state index in [1.54, 1.807) is 19.1 Å². The van der Waals surface area contributed by atoms with Gasteiger partial charge in [-0.15, -0.1) is 5.10 Å². The molecule has 1 saturated carbocycles. The minimum absolute atomic E-state index is 0.0203. The number of ether oxygens (including phenoxy) is 2. The van der Waals surface area contributed by atoms with Gasteiger partial charge in [0.05, 0.1) is 6.61 Å². The minimum atomic E-state index is -2.52. The number of aromatic amines is 1. The van der Waals surface area contributed by atoms with Gasteiger partial charge >= 0.3 is 5.97 Å². The topological polar surface area (TPSA) is 77.1 Å². The van der Waals surface area contributed by atoms with Crippen molar-refractivity contribution in [1.29, 1.82) is 0 Å². The number of hydrogen-bond donors (Lipinski definition) is 1. The quantitative estimate of drug-likeness (QED) is 0.593. The lowest BCUT2D eigenvalue weighted by Gasteiger charge is -2.35. The maximum Gasteiger partial charge on any atom is 0.364 e. The molecule has 0 spiro atoms. The molecular weight excluding hydrogens is 380 g/mol. The van der Waals surface area contributed by atoms with E-state index in [9.17, 15) is 13.6 Å². The highest BCUT2D eigenvalue weighted by atomic mass is 19.3. The van der Waals surface area contributed by atoms with E-state index < -0.39 is 11.9 Å². The Morgan fingerprint density at radius 3 is 2.31 bits per heavy atom. The van der Waals surface area contributed by atoms with Crippen LogP contribution in [0.25, 0.3) is 11.1 Å². The van der Waals surface area contributed by atoms with Crippen molar-refractivity contribution in [1.82, 2.24) is 15.4 Å². The van der Waals surface area contributed by atoms with Gasteiger partial charge in [-0.05, 0) is 41.7 Å². The SMILES string of the molecule is CCOC(=O)c1nn[nH]c1Oc1ccc(-c2ccc(C3CC(F)(F)C3)cc2)cc1. The Labute approximate surface area is 165 Å². The van der Waals surface area contributed by atoms with Gasteiger partial charge in [0, 0.05) is 12.8 Å². The zero-order chi connectivity index (χ0) is 20.4. The molecule has 0 bridgehead atoms. The number of alkyl halides is 2. The summed E-state index contributed by atoms with van der Waals surface area (Å²) in [5.41, 5.74) is 2.85. The van der Waals surface area contributed by atoms with E-state index in [4.69, 9.17) is 9.47 Å². The zero-order valence-electron chi connectivity index (χ0n) is 15.7. The average Bonchev–Trinajstić information content (AvgIpc) is 3.15. The second-order valence-corrected chi connectivity index (χ2v) is 6.92. The third kappa shape index (κ3) is 4.11. The Bertz CT molecular complexity index is 993. The zero-order valence-corrected chi connectivity index (χ0v) is 15.7. The first-order chi connectivity index (χ1) is 13.9. The number of carbonyl (C=O) groups excluding carboxylic acids is 1. The number of nitrogens with zero attached hydrogens (tertiary/aromatic N) is 2. The van der Waals surface area contributed by atoms with E-state index in [1.165, 1.54) is 0 Å². The fraction of sp³-hybridized carbons (Fsp3) is 0.286. The fourth-order valence-corrected chi connectivity index (χ4v) is 3.30. The van der Waals surface area contributed by atoms with E-state index >= 15 is 0 Å². The molecule has 8 heteroatoms. The number of esters is 1. The highest BCUT2D eigenvalue weighted by Gasteiger charge is 2.45. The highest BCUT2D eigenvalue weighted by molar-refractivity contribution is 5.89. The van der Waals surface area contributed by atoms with Crippen LogP contribution < -0.4 is 4.74 Å². The number of rotatable bonds is 6. The monoisotopic (exact) mass is 399 g/mol. The van der Waals surface area contributed by atoms with Gasteiger partial charge in [-0.2, -0.15) is 0 Å². The summed E-state index contributed by atoms with van der Waals surface area (Å²) in [6.07, 6.45) is -0.150. The van der Waals surface area contributed by atoms with Gasteiger partial charge in [0.1, 0.15) is 5.75 Å². The number of benzene rings is 2. The van der Waals surface area contributed by atoms with Crippen molar-refractivity contribution in [2.24, 2.45) is 0 Å². The maximum atomic E-state index is 13.1. The molecule has 0 radical (unpaired) electrons. The van der Waals surface area contributed by atoms with Crippen molar-refractivity contribution in [3.63, 3.8) is 0 Å². The minimum Gasteiger partial charge on any atom is -0.461 e. The van der Waals surface area contributed by atoms with Crippen LogP contribution in [0.2, 0.25) is 0 Å². The molecular formula is C21H19F2N3O3. The van der Waals surface area contributed by atoms with Crippen molar-refractivity contribution in [3.05, 3.63) is 59.8 Å².